The standard InChI is InChI=1S/C73H54N8Si2/c1-3-28-64-61(4-2)75-72-78(64)68-49-59(82(53-31-14-6-15-32-53,54-33-16-7-17-34-54)55-35-18-8-19-36-55)45-47-66(68)80(72)70-51-63(52-29-12-5-13-30-52)74-71(77-70)81-67-48-46-60(50-69(67)79-65-44-27-26-43-62(65)76-73(79)81)83(56-37-20-9-21-38-56,57-39-22-10-23-40-57)58-41-24-11-25-42-58/h3-51H,2H2,1H3/b28-3-. The second kappa shape index (κ2) is 20.2. The number of hydrogen-bond acceptors (Lipinski definition) is 4. The van der Waals surface area contributed by atoms with Gasteiger partial charge in [-0.25, -0.2) is 19.5 Å². The van der Waals surface area contributed by atoms with Crippen molar-refractivity contribution in [1.29, 1.82) is 0 Å². The zero-order chi connectivity index (χ0) is 55.5. The number of nitrogens with zero attached hydrogens (tertiary/aromatic N) is 8. The third kappa shape index (κ3) is 7.71. The molecule has 0 aliphatic carbocycles. The zero-order valence-corrected chi connectivity index (χ0v) is 47.6. The van der Waals surface area contributed by atoms with E-state index in [0.717, 1.165) is 55.7 Å². The van der Waals surface area contributed by atoms with Crippen LogP contribution in [0.25, 0.3) is 79.8 Å². The van der Waals surface area contributed by atoms with Crippen molar-refractivity contribution in [3.8, 4) is 23.0 Å². The van der Waals surface area contributed by atoms with Gasteiger partial charge in [-0.3, -0.25) is 13.4 Å². The summed E-state index contributed by atoms with van der Waals surface area (Å²) in [5.74, 6) is 2.55. The van der Waals surface area contributed by atoms with Gasteiger partial charge >= 0.3 is 0 Å². The summed E-state index contributed by atoms with van der Waals surface area (Å²) in [5.41, 5.74) is 9.16. The molecule has 10 aromatic carbocycles. The van der Waals surface area contributed by atoms with Gasteiger partial charge in [-0.15, -0.1) is 0 Å². The van der Waals surface area contributed by atoms with Crippen LogP contribution in [0.5, 0.6) is 0 Å². The summed E-state index contributed by atoms with van der Waals surface area (Å²) < 4.78 is 8.94. The molecule has 0 unspecified atom stereocenters. The van der Waals surface area contributed by atoms with Crippen LogP contribution < -0.4 is 41.5 Å². The fraction of sp³-hybridized carbons (Fsp3) is 0.0137. The van der Waals surface area contributed by atoms with Gasteiger partial charge in [-0.05, 0) is 97.0 Å². The first-order chi connectivity index (χ1) is 41.1. The number of fused-ring (bicyclic) bond motifs is 8. The lowest BCUT2D eigenvalue weighted by molar-refractivity contribution is 0.929. The third-order valence-corrected chi connectivity index (χ3v) is 26.2. The van der Waals surface area contributed by atoms with Crippen LogP contribution in [-0.2, 0) is 0 Å². The van der Waals surface area contributed by atoms with Crippen LogP contribution in [0, 0.1) is 0 Å². The van der Waals surface area contributed by atoms with Crippen molar-refractivity contribution in [2.24, 2.45) is 0 Å². The highest BCUT2D eigenvalue weighted by molar-refractivity contribution is 7.20. The van der Waals surface area contributed by atoms with E-state index in [4.69, 9.17) is 19.9 Å². The van der Waals surface area contributed by atoms with Gasteiger partial charge in [0.25, 0.3) is 0 Å². The normalized spacial score (nSPS) is 12.2. The molecule has 5 heterocycles. The smallest absolute Gasteiger partial charge is 0.239 e. The van der Waals surface area contributed by atoms with Crippen molar-refractivity contribution < 1.29 is 0 Å². The van der Waals surface area contributed by atoms with Crippen LogP contribution in [0.4, 0.5) is 0 Å². The Labute approximate surface area is 482 Å². The van der Waals surface area contributed by atoms with Crippen molar-refractivity contribution in [1.82, 2.24) is 37.9 Å². The average molecular weight is 1100 g/mol. The Kier molecular flexibility index (Phi) is 12.1. The predicted molar refractivity (Wildman–Crippen MR) is 348 cm³/mol. The maximum atomic E-state index is 5.73. The first kappa shape index (κ1) is 49.5. The van der Waals surface area contributed by atoms with Crippen LogP contribution in [0.1, 0.15) is 18.3 Å². The van der Waals surface area contributed by atoms with Gasteiger partial charge in [0.2, 0.25) is 17.5 Å². The Morgan fingerprint density at radius 1 is 0.361 bits per heavy atom. The van der Waals surface area contributed by atoms with E-state index in [1.807, 2.05) is 12.1 Å². The molecule has 0 spiro atoms. The molecule has 0 bridgehead atoms. The molecule has 5 aromatic heterocycles. The third-order valence-electron chi connectivity index (χ3n) is 16.6. The summed E-state index contributed by atoms with van der Waals surface area (Å²) in [5, 5.41) is 10.3. The molecule has 0 aliphatic rings. The molecule has 0 aliphatic heterocycles. The van der Waals surface area contributed by atoms with Gasteiger partial charge in [0.1, 0.15) is 5.82 Å². The topological polar surface area (TPSA) is 70.2 Å². The summed E-state index contributed by atoms with van der Waals surface area (Å²) in [6.07, 6.45) is 6.06. The SMILES string of the molecule is C=Cc1nc2n(-c3cc(-c4ccccc4)nc(-n4c5ccc([Si](c6ccccc6)(c6ccccc6)c6ccccc6)cc5n5c6ccccc6nc45)n3)c3ccc([Si](c4ccccc4)(c4ccccc4)c4ccccc4)cc3n2c1/C=C\C. The Balaban J connectivity index is 1.03. The van der Waals surface area contributed by atoms with E-state index in [0.29, 0.717) is 23.3 Å². The molecule has 0 atom stereocenters. The van der Waals surface area contributed by atoms with Crippen molar-refractivity contribution in [3.63, 3.8) is 0 Å². The molecular formula is C73H54N8Si2. The van der Waals surface area contributed by atoms with Gasteiger partial charge in [0.05, 0.1) is 50.2 Å². The summed E-state index contributed by atoms with van der Waals surface area (Å²) in [6, 6.07) is 101. The molecule has 0 saturated heterocycles. The van der Waals surface area contributed by atoms with Crippen molar-refractivity contribution in [2.45, 2.75) is 6.92 Å². The highest BCUT2D eigenvalue weighted by Gasteiger charge is 2.43. The largest absolute Gasteiger partial charge is 0.276 e. The number of aromatic nitrogens is 8. The molecule has 10 heteroatoms. The molecule has 0 radical (unpaired) electrons. The van der Waals surface area contributed by atoms with Crippen LogP contribution in [0.3, 0.4) is 0 Å². The molecule has 0 N–H and O–H groups in total. The van der Waals surface area contributed by atoms with Crippen molar-refractivity contribution >= 4 is 114 Å². The maximum Gasteiger partial charge on any atom is 0.239 e. The average Bonchev–Trinajstić information content (AvgIpc) is 4.15. The van der Waals surface area contributed by atoms with E-state index in [2.05, 4.69) is 317 Å². The van der Waals surface area contributed by atoms with E-state index >= 15 is 0 Å². The van der Waals surface area contributed by atoms with Crippen LogP contribution in [0.15, 0.2) is 292 Å². The lowest BCUT2D eigenvalue weighted by atomic mass is 10.1. The van der Waals surface area contributed by atoms with Crippen LogP contribution >= 0.6 is 0 Å². The molecule has 394 valence electrons. The van der Waals surface area contributed by atoms with E-state index in [9.17, 15) is 0 Å². The maximum absolute atomic E-state index is 5.73. The van der Waals surface area contributed by atoms with Gasteiger partial charge in [0, 0.05) is 11.6 Å². The molecular weight excluding hydrogens is 1050 g/mol. The number of hydrogen-bond donors (Lipinski definition) is 0. The summed E-state index contributed by atoms with van der Waals surface area (Å²) in [4.78, 5) is 22.2. The second-order valence-electron chi connectivity index (χ2n) is 21.0. The molecule has 0 amide bonds. The summed E-state index contributed by atoms with van der Waals surface area (Å²) >= 11 is 0. The molecule has 15 aromatic rings. The Bertz CT molecular complexity index is 4730. The Morgan fingerprint density at radius 3 is 1.25 bits per heavy atom. The predicted octanol–water partition coefficient (Wildman–Crippen LogP) is 10.9. The molecule has 0 saturated carbocycles. The van der Waals surface area contributed by atoms with Gasteiger partial charge in [0.15, 0.2) is 16.1 Å². The lowest BCUT2D eigenvalue weighted by Crippen LogP contribution is -2.74. The monoisotopic (exact) mass is 1100 g/mol. The fourth-order valence-corrected chi connectivity index (χ4v) is 22.6. The van der Waals surface area contributed by atoms with Crippen LogP contribution in [-0.4, -0.2) is 54.0 Å². The van der Waals surface area contributed by atoms with Gasteiger partial charge < -0.3 is 0 Å². The van der Waals surface area contributed by atoms with Gasteiger partial charge in [-0.1, -0.05) is 249 Å². The van der Waals surface area contributed by atoms with E-state index < -0.39 is 16.1 Å². The Hall–Kier alpha value is -10.5. The highest BCUT2D eigenvalue weighted by Crippen LogP contribution is 2.34. The van der Waals surface area contributed by atoms with Crippen molar-refractivity contribution in [2.75, 3.05) is 0 Å². The molecule has 0 fully saturated rings. The molecule has 8 nitrogen and oxygen atoms in total. The zero-order valence-electron chi connectivity index (χ0n) is 45.6. The first-order valence-electron chi connectivity index (χ1n) is 28.1. The van der Waals surface area contributed by atoms with E-state index in [1.54, 1.807) is 0 Å². The second-order valence-corrected chi connectivity index (χ2v) is 28.6. The summed E-state index contributed by atoms with van der Waals surface area (Å²) in [7, 11) is -5.92. The minimum atomic E-state index is -2.97. The number of imidazole rings is 4. The van der Waals surface area contributed by atoms with Gasteiger partial charge in [-0.2, -0.15) is 4.98 Å². The van der Waals surface area contributed by atoms with E-state index in [1.165, 1.54) is 41.5 Å². The lowest BCUT2D eigenvalue weighted by Gasteiger charge is -2.34. The number of rotatable bonds is 13. The summed E-state index contributed by atoms with van der Waals surface area (Å²) in [6.45, 7) is 6.36. The minimum absolute atomic E-state index is 0.478. The Morgan fingerprint density at radius 2 is 0.783 bits per heavy atom. The molecule has 83 heavy (non-hydrogen) atoms. The fourth-order valence-electron chi connectivity index (χ4n) is 13.1. The number of benzene rings is 10. The van der Waals surface area contributed by atoms with E-state index in [-0.39, 0.29) is 0 Å². The minimum Gasteiger partial charge on any atom is -0.276 e. The first-order valence-corrected chi connectivity index (χ1v) is 32.1. The quantitative estimate of drug-likeness (QED) is 0.0852. The number of para-hydroxylation sites is 2. The highest BCUT2D eigenvalue weighted by atomic mass is 28.3. The van der Waals surface area contributed by atoms with Crippen molar-refractivity contribution in [3.05, 3.63) is 303 Å². The molecule has 15 rings (SSSR count). The van der Waals surface area contributed by atoms with Crippen LogP contribution in [0.2, 0.25) is 0 Å². The number of allylic oxidation sites excluding steroid dienone is 1.